The smallest absolute Gasteiger partial charge is 0.344 e. The second kappa shape index (κ2) is 8.43. The predicted molar refractivity (Wildman–Crippen MR) is 75.5 cm³/mol. The van der Waals surface area contributed by atoms with Crippen LogP contribution in [0.2, 0.25) is 0 Å². The summed E-state index contributed by atoms with van der Waals surface area (Å²) in [5.41, 5.74) is 6.06. The number of nitrogens with two attached hydrogens (primary N) is 1. The molecule has 0 fully saturated rings. The SMILES string of the molecule is CCOc1cccc(N)c1C(=O)OCC(=O)NCCC#N. The minimum Gasteiger partial charge on any atom is -0.493 e. The molecule has 1 rings (SSSR count). The fraction of sp³-hybridized carbons (Fsp3) is 0.357. The maximum Gasteiger partial charge on any atom is 0.344 e. The van der Waals surface area contributed by atoms with E-state index in [1.807, 2.05) is 6.07 Å². The van der Waals surface area contributed by atoms with Gasteiger partial charge >= 0.3 is 5.97 Å². The van der Waals surface area contributed by atoms with E-state index in [2.05, 4.69) is 5.32 Å². The molecule has 1 amide bonds. The van der Waals surface area contributed by atoms with Crippen molar-refractivity contribution in [2.24, 2.45) is 0 Å². The summed E-state index contributed by atoms with van der Waals surface area (Å²) in [6.07, 6.45) is 0.194. The highest BCUT2D eigenvalue weighted by Gasteiger charge is 2.18. The first-order valence-electron chi connectivity index (χ1n) is 6.42. The molecule has 0 saturated heterocycles. The Bertz CT molecular complexity index is 552. The Labute approximate surface area is 122 Å². The summed E-state index contributed by atoms with van der Waals surface area (Å²) in [4.78, 5) is 23.4. The molecule has 0 aliphatic rings. The third kappa shape index (κ3) is 5.03. The van der Waals surface area contributed by atoms with Crippen molar-refractivity contribution in [1.29, 1.82) is 5.26 Å². The van der Waals surface area contributed by atoms with Gasteiger partial charge in [-0.15, -0.1) is 0 Å². The van der Waals surface area contributed by atoms with Gasteiger partial charge in [0, 0.05) is 12.2 Å². The Kier molecular flexibility index (Phi) is 6.54. The van der Waals surface area contributed by atoms with E-state index in [0.29, 0.717) is 12.4 Å². The van der Waals surface area contributed by atoms with Gasteiger partial charge in [0.05, 0.1) is 19.1 Å². The molecule has 21 heavy (non-hydrogen) atoms. The Hall–Kier alpha value is -2.75. The lowest BCUT2D eigenvalue weighted by molar-refractivity contribution is -0.124. The molecule has 1 aromatic rings. The summed E-state index contributed by atoms with van der Waals surface area (Å²) in [5, 5.41) is 10.8. The number of nitriles is 1. The molecule has 3 N–H and O–H groups in total. The summed E-state index contributed by atoms with van der Waals surface area (Å²) < 4.78 is 10.2. The number of amides is 1. The number of carbonyl (C=O) groups excluding carboxylic acids is 2. The van der Waals surface area contributed by atoms with Crippen LogP contribution in [0.25, 0.3) is 0 Å². The highest BCUT2D eigenvalue weighted by Crippen LogP contribution is 2.25. The molecular formula is C14H17N3O4. The summed E-state index contributed by atoms with van der Waals surface area (Å²) in [5.74, 6) is -0.898. The maximum atomic E-state index is 12.0. The fourth-order valence-corrected chi connectivity index (χ4v) is 1.55. The first kappa shape index (κ1) is 16.3. The second-order valence-corrected chi connectivity index (χ2v) is 3.99. The van der Waals surface area contributed by atoms with Gasteiger partial charge in [0.2, 0.25) is 0 Å². The van der Waals surface area contributed by atoms with Gasteiger partial charge in [-0.05, 0) is 19.1 Å². The molecule has 0 aliphatic carbocycles. The molecule has 1 aromatic carbocycles. The minimum atomic E-state index is -0.730. The van der Waals surface area contributed by atoms with Crippen LogP contribution in [0.15, 0.2) is 18.2 Å². The summed E-state index contributed by atoms with van der Waals surface area (Å²) >= 11 is 0. The van der Waals surface area contributed by atoms with Gasteiger partial charge in [-0.25, -0.2) is 4.79 Å². The molecule has 0 radical (unpaired) electrons. The van der Waals surface area contributed by atoms with Crippen molar-refractivity contribution in [2.75, 3.05) is 25.5 Å². The lowest BCUT2D eigenvalue weighted by atomic mass is 10.1. The number of rotatable bonds is 7. The van der Waals surface area contributed by atoms with E-state index in [-0.39, 0.29) is 24.2 Å². The van der Waals surface area contributed by atoms with Crippen LogP contribution >= 0.6 is 0 Å². The molecule has 0 saturated carbocycles. The van der Waals surface area contributed by atoms with Crippen molar-refractivity contribution >= 4 is 17.6 Å². The average Bonchev–Trinajstić information content (AvgIpc) is 2.45. The lowest BCUT2D eigenvalue weighted by Gasteiger charge is -2.12. The number of anilines is 1. The zero-order valence-corrected chi connectivity index (χ0v) is 11.7. The molecule has 0 bridgehead atoms. The number of nitrogens with one attached hydrogen (secondary N) is 1. The molecule has 0 aromatic heterocycles. The molecule has 112 valence electrons. The van der Waals surface area contributed by atoms with Crippen LogP contribution in [0.5, 0.6) is 5.75 Å². The first-order valence-corrected chi connectivity index (χ1v) is 6.42. The summed E-state index contributed by atoms with van der Waals surface area (Å²) in [6, 6.07) is 6.69. The van der Waals surface area contributed by atoms with Crippen LogP contribution < -0.4 is 15.8 Å². The number of esters is 1. The normalized spacial score (nSPS) is 9.52. The van der Waals surface area contributed by atoms with E-state index in [1.165, 1.54) is 0 Å². The minimum absolute atomic E-state index is 0.101. The van der Waals surface area contributed by atoms with E-state index >= 15 is 0 Å². The van der Waals surface area contributed by atoms with E-state index in [4.69, 9.17) is 20.5 Å². The Morgan fingerprint density at radius 2 is 2.19 bits per heavy atom. The maximum absolute atomic E-state index is 12.0. The van der Waals surface area contributed by atoms with Crippen LogP contribution in [0, 0.1) is 11.3 Å². The molecule has 7 heteroatoms. The van der Waals surface area contributed by atoms with E-state index < -0.39 is 18.5 Å². The average molecular weight is 291 g/mol. The van der Waals surface area contributed by atoms with Gasteiger partial charge in [0.1, 0.15) is 11.3 Å². The monoisotopic (exact) mass is 291 g/mol. The molecule has 0 spiro atoms. The predicted octanol–water partition coefficient (Wildman–Crippen LogP) is 0.854. The van der Waals surface area contributed by atoms with Gasteiger partial charge in [-0.3, -0.25) is 4.79 Å². The van der Waals surface area contributed by atoms with Crippen molar-refractivity contribution in [3.63, 3.8) is 0 Å². The van der Waals surface area contributed by atoms with Gasteiger partial charge < -0.3 is 20.5 Å². The Morgan fingerprint density at radius 3 is 2.86 bits per heavy atom. The van der Waals surface area contributed by atoms with Gasteiger partial charge in [-0.1, -0.05) is 6.07 Å². The second-order valence-electron chi connectivity index (χ2n) is 3.99. The fourth-order valence-electron chi connectivity index (χ4n) is 1.55. The van der Waals surface area contributed by atoms with Crippen LogP contribution in [-0.2, 0) is 9.53 Å². The number of nitrogen functional groups attached to an aromatic ring is 1. The molecule has 0 aliphatic heterocycles. The third-order valence-corrected chi connectivity index (χ3v) is 2.46. The number of benzene rings is 1. The van der Waals surface area contributed by atoms with Crippen molar-refractivity contribution in [1.82, 2.24) is 5.32 Å². The summed E-state index contributed by atoms with van der Waals surface area (Å²) in [6.45, 7) is 1.92. The van der Waals surface area contributed by atoms with Crippen LogP contribution in [0.4, 0.5) is 5.69 Å². The number of hydrogen-bond acceptors (Lipinski definition) is 6. The largest absolute Gasteiger partial charge is 0.493 e. The topological polar surface area (TPSA) is 114 Å². The molecular weight excluding hydrogens is 274 g/mol. The van der Waals surface area contributed by atoms with Crippen molar-refractivity contribution in [2.45, 2.75) is 13.3 Å². The van der Waals surface area contributed by atoms with Crippen LogP contribution in [0.3, 0.4) is 0 Å². The first-order chi connectivity index (χ1) is 10.1. The van der Waals surface area contributed by atoms with Crippen LogP contribution in [0.1, 0.15) is 23.7 Å². The highest BCUT2D eigenvalue weighted by atomic mass is 16.5. The number of ether oxygens (including phenoxy) is 2. The van der Waals surface area contributed by atoms with Crippen molar-refractivity contribution in [3.8, 4) is 11.8 Å². The number of hydrogen-bond donors (Lipinski definition) is 2. The molecule has 7 nitrogen and oxygen atoms in total. The van der Waals surface area contributed by atoms with Crippen molar-refractivity contribution in [3.05, 3.63) is 23.8 Å². The lowest BCUT2D eigenvalue weighted by Crippen LogP contribution is -2.29. The zero-order valence-electron chi connectivity index (χ0n) is 11.7. The van der Waals surface area contributed by atoms with Crippen molar-refractivity contribution < 1.29 is 19.1 Å². The van der Waals surface area contributed by atoms with E-state index in [0.717, 1.165) is 0 Å². The molecule has 0 atom stereocenters. The molecule has 0 heterocycles. The zero-order chi connectivity index (χ0) is 15.7. The quantitative estimate of drug-likeness (QED) is 0.437. The molecule has 0 unspecified atom stereocenters. The third-order valence-electron chi connectivity index (χ3n) is 2.46. The highest BCUT2D eigenvalue weighted by molar-refractivity contribution is 5.99. The van der Waals surface area contributed by atoms with E-state index in [9.17, 15) is 9.59 Å². The number of nitrogens with zero attached hydrogens (tertiary/aromatic N) is 1. The Balaban J connectivity index is 2.64. The Morgan fingerprint density at radius 1 is 1.43 bits per heavy atom. The standard InChI is InChI=1S/C14H17N3O4/c1-2-20-11-6-3-5-10(16)13(11)14(19)21-9-12(18)17-8-4-7-15/h3,5-6H,2,4,8-9,16H2,1H3,(H,17,18). The van der Waals surface area contributed by atoms with Gasteiger partial charge in [-0.2, -0.15) is 5.26 Å². The van der Waals surface area contributed by atoms with E-state index in [1.54, 1.807) is 25.1 Å². The summed E-state index contributed by atoms with van der Waals surface area (Å²) in [7, 11) is 0. The van der Waals surface area contributed by atoms with Gasteiger partial charge in [0.15, 0.2) is 6.61 Å². The van der Waals surface area contributed by atoms with Crippen LogP contribution in [-0.4, -0.2) is 31.6 Å². The van der Waals surface area contributed by atoms with Gasteiger partial charge in [0.25, 0.3) is 5.91 Å². The number of carbonyl (C=O) groups is 2.